The fraction of sp³-hybridized carbons (Fsp3) is 0. The third-order valence-electron chi connectivity index (χ3n) is 5.44. The van der Waals surface area contributed by atoms with Gasteiger partial charge in [-0.25, -0.2) is 0 Å². The fourth-order valence-corrected chi connectivity index (χ4v) is 3.81. The summed E-state index contributed by atoms with van der Waals surface area (Å²) < 4.78 is 0. The zero-order valence-corrected chi connectivity index (χ0v) is 17.5. The number of carbonyl (C=O) groups excluding carboxylic acids is 1. The summed E-state index contributed by atoms with van der Waals surface area (Å²) in [5.41, 5.74) is 6.54. The Balaban J connectivity index is 1.56. The molecule has 2 N–H and O–H groups in total. The number of allylic oxidation sites excluding steroid dienone is 1. The van der Waals surface area contributed by atoms with Crippen LogP contribution in [0, 0.1) is 0 Å². The van der Waals surface area contributed by atoms with Gasteiger partial charge in [0, 0.05) is 39.6 Å². The molecule has 0 bridgehead atoms. The van der Waals surface area contributed by atoms with Gasteiger partial charge in [0.1, 0.15) is 0 Å². The normalized spacial score (nSPS) is 11.4. The van der Waals surface area contributed by atoms with Crippen LogP contribution in [0.25, 0.3) is 27.9 Å². The van der Waals surface area contributed by atoms with E-state index in [0.717, 1.165) is 39.1 Å². The number of H-pyrrole nitrogens is 1. The summed E-state index contributed by atoms with van der Waals surface area (Å²) in [5.74, 6) is -0.0387. The van der Waals surface area contributed by atoms with Crippen molar-refractivity contribution >= 4 is 28.1 Å². The molecule has 3 heteroatoms. The van der Waals surface area contributed by atoms with Gasteiger partial charge >= 0.3 is 0 Å². The highest BCUT2D eigenvalue weighted by Crippen LogP contribution is 2.31. The molecule has 1 aromatic heterocycles. The maximum absolute atomic E-state index is 12.9. The number of aromatic nitrogens is 1. The third-order valence-corrected chi connectivity index (χ3v) is 5.44. The van der Waals surface area contributed by atoms with Crippen LogP contribution in [-0.4, -0.2) is 10.8 Å². The van der Waals surface area contributed by atoms with Gasteiger partial charge < -0.3 is 10.3 Å². The number of anilines is 1. The molecule has 0 atom stereocenters. The minimum Gasteiger partial charge on any atom is -0.354 e. The zero-order chi connectivity index (χ0) is 21.8. The van der Waals surface area contributed by atoms with Gasteiger partial charge in [-0.1, -0.05) is 97.1 Å². The lowest BCUT2D eigenvalue weighted by molar-refractivity contribution is 0.104. The number of nitrogens with one attached hydrogen (secondary N) is 2. The van der Waals surface area contributed by atoms with E-state index in [-0.39, 0.29) is 5.78 Å². The number of aromatic amines is 1. The van der Waals surface area contributed by atoms with Crippen molar-refractivity contribution in [2.45, 2.75) is 0 Å². The molecule has 0 saturated heterocycles. The molecule has 0 unspecified atom stereocenters. The van der Waals surface area contributed by atoms with E-state index in [1.165, 1.54) is 0 Å². The second kappa shape index (κ2) is 8.78. The Morgan fingerprint density at radius 1 is 0.688 bits per heavy atom. The van der Waals surface area contributed by atoms with E-state index in [9.17, 15) is 4.79 Å². The highest BCUT2D eigenvalue weighted by Gasteiger charge is 2.11. The first-order valence-corrected chi connectivity index (χ1v) is 10.6. The van der Waals surface area contributed by atoms with Crippen LogP contribution in [0.3, 0.4) is 0 Å². The Bertz CT molecular complexity index is 1380. The second-order valence-electron chi connectivity index (χ2n) is 7.60. The van der Waals surface area contributed by atoms with E-state index < -0.39 is 0 Å². The lowest BCUT2D eigenvalue weighted by atomic mass is 10.1. The van der Waals surface area contributed by atoms with Crippen molar-refractivity contribution < 1.29 is 4.79 Å². The van der Waals surface area contributed by atoms with E-state index in [1.54, 1.807) is 6.08 Å². The predicted molar refractivity (Wildman–Crippen MR) is 133 cm³/mol. The largest absolute Gasteiger partial charge is 0.354 e. The first-order valence-electron chi connectivity index (χ1n) is 10.6. The second-order valence-corrected chi connectivity index (χ2v) is 7.60. The monoisotopic (exact) mass is 414 g/mol. The van der Waals surface area contributed by atoms with Crippen molar-refractivity contribution in [3.05, 3.63) is 132 Å². The Hall–Kier alpha value is -4.37. The fourth-order valence-electron chi connectivity index (χ4n) is 3.81. The Morgan fingerprint density at radius 2 is 1.31 bits per heavy atom. The average Bonchev–Trinajstić information content (AvgIpc) is 3.31. The van der Waals surface area contributed by atoms with Crippen molar-refractivity contribution in [2.75, 3.05) is 5.32 Å². The molecular weight excluding hydrogens is 392 g/mol. The molecule has 4 aromatic carbocycles. The Labute approximate surface area is 187 Å². The Morgan fingerprint density at radius 3 is 2.00 bits per heavy atom. The molecule has 0 aliphatic carbocycles. The first kappa shape index (κ1) is 19.6. The summed E-state index contributed by atoms with van der Waals surface area (Å²) in [7, 11) is 0. The molecule has 0 fully saturated rings. The number of benzene rings is 4. The molecule has 0 radical (unpaired) electrons. The van der Waals surface area contributed by atoms with E-state index in [4.69, 9.17) is 0 Å². The van der Waals surface area contributed by atoms with Crippen LogP contribution in [0.2, 0.25) is 0 Å². The lowest BCUT2D eigenvalue weighted by Gasteiger charge is -2.13. The number of ketones is 1. The van der Waals surface area contributed by atoms with Gasteiger partial charge in [-0.15, -0.1) is 0 Å². The topological polar surface area (TPSA) is 44.9 Å². The maximum Gasteiger partial charge on any atom is 0.187 e. The third kappa shape index (κ3) is 4.09. The molecule has 1 heterocycles. The average molecular weight is 415 g/mol. The van der Waals surface area contributed by atoms with Gasteiger partial charge in [0.25, 0.3) is 0 Å². The number of carbonyl (C=O) groups is 1. The summed E-state index contributed by atoms with van der Waals surface area (Å²) >= 11 is 0. The van der Waals surface area contributed by atoms with Gasteiger partial charge in [-0.05, 0) is 29.3 Å². The van der Waals surface area contributed by atoms with Crippen LogP contribution >= 0.6 is 0 Å². The smallest absolute Gasteiger partial charge is 0.187 e. The minimum absolute atomic E-state index is 0.0387. The van der Waals surface area contributed by atoms with Crippen molar-refractivity contribution in [1.82, 2.24) is 4.98 Å². The summed E-state index contributed by atoms with van der Waals surface area (Å²) in [6.07, 6.45) is 1.67. The Kier molecular flexibility index (Phi) is 5.38. The molecule has 0 amide bonds. The van der Waals surface area contributed by atoms with Crippen molar-refractivity contribution in [3.63, 3.8) is 0 Å². The van der Waals surface area contributed by atoms with Crippen LogP contribution in [0.4, 0.5) is 5.69 Å². The van der Waals surface area contributed by atoms with E-state index in [0.29, 0.717) is 5.56 Å². The van der Waals surface area contributed by atoms with E-state index in [2.05, 4.69) is 34.6 Å². The molecule has 5 rings (SSSR count). The molecular formula is C29H22N2O. The van der Waals surface area contributed by atoms with Crippen LogP contribution in [0.15, 0.2) is 121 Å². The van der Waals surface area contributed by atoms with Crippen LogP contribution < -0.4 is 5.32 Å². The van der Waals surface area contributed by atoms with Gasteiger partial charge in [-0.2, -0.15) is 0 Å². The molecule has 0 saturated carbocycles. The first-order chi connectivity index (χ1) is 15.8. The maximum atomic E-state index is 12.9. The summed E-state index contributed by atoms with van der Waals surface area (Å²) in [5, 5.41) is 4.59. The number of hydrogen-bond acceptors (Lipinski definition) is 2. The molecule has 0 spiro atoms. The molecule has 5 aromatic rings. The predicted octanol–water partition coefficient (Wildman–Crippen LogP) is 7.17. The van der Waals surface area contributed by atoms with Crippen LogP contribution in [0.5, 0.6) is 0 Å². The number of rotatable bonds is 6. The number of hydrogen-bond donors (Lipinski definition) is 2. The summed E-state index contributed by atoms with van der Waals surface area (Å²) in [6, 6.07) is 37.8. The molecule has 154 valence electrons. The van der Waals surface area contributed by atoms with Gasteiger partial charge in [0.15, 0.2) is 5.78 Å². The zero-order valence-electron chi connectivity index (χ0n) is 17.5. The van der Waals surface area contributed by atoms with E-state index in [1.807, 2.05) is 91.0 Å². The van der Waals surface area contributed by atoms with Crippen LogP contribution in [-0.2, 0) is 0 Å². The summed E-state index contributed by atoms with van der Waals surface area (Å²) in [4.78, 5) is 16.5. The summed E-state index contributed by atoms with van der Waals surface area (Å²) in [6.45, 7) is 0. The van der Waals surface area contributed by atoms with Gasteiger partial charge in [0.2, 0.25) is 0 Å². The van der Waals surface area contributed by atoms with Crippen molar-refractivity contribution in [2.24, 2.45) is 0 Å². The van der Waals surface area contributed by atoms with Crippen LogP contribution in [0.1, 0.15) is 15.9 Å². The molecule has 0 aliphatic rings. The van der Waals surface area contributed by atoms with Gasteiger partial charge in [0.05, 0.1) is 0 Å². The lowest BCUT2D eigenvalue weighted by Crippen LogP contribution is -2.03. The standard InChI is InChI=1S/C29H22N2O/c32-29(23-15-8-3-9-16-23)20-28(22-13-6-2-7-14-22)31-26-18-10-17-25-24(26)19-27(30-25)21-11-4-1-5-12-21/h1-20,30-31H/b28-20+. The highest BCUT2D eigenvalue weighted by molar-refractivity contribution is 6.10. The van der Waals surface area contributed by atoms with Crippen molar-refractivity contribution in [3.8, 4) is 11.3 Å². The van der Waals surface area contributed by atoms with Gasteiger partial charge in [-0.3, -0.25) is 4.79 Å². The van der Waals surface area contributed by atoms with E-state index >= 15 is 0 Å². The minimum atomic E-state index is -0.0387. The van der Waals surface area contributed by atoms with Crippen molar-refractivity contribution in [1.29, 1.82) is 0 Å². The SMILES string of the molecule is O=C(/C=C(/Nc1cccc2[nH]c(-c3ccccc3)cc12)c1ccccc1)c1ccccc1. The number of fused-ring (bicyclic) bond motifs is 1. The molecule has 0 aliphatic heterocycles. The quantitative estimate of drug-likeness (QED) is 0.228. The molecule has 32 heavy (non-hydrogen) atoms. The highest BCUT2D eigenvalue weighted by atomic mass is 16.1. The molecule has 3 nitrogen and oxygen atoms in total.